The number of imide groups is 1. The van der Waals surface area contributed by atoms with E-state index in [4.69, 9.17) is 4.74 Å². The number of hydrogen-bond donors (Lipinski definition) is 1. The fourth-order valence-corrected chi connectivity index (χ4v) is 5.35. The third-order valence-corrected chi connectivity index (χ3v) is 6.69. The molecule has 6 heteroatoms. The first-order chi connectivity index (χ1) is 13.1. The van der Waals surface area contributed by atoms with Crippen LogP contribution in [-0.4, -0.2) is 36.3 Å². The third-order valence-electron chi connectivity index (χ3n) is 6.69. The zero-order valence-corrected chi connectivity index (χ0v) is 15.1. The predicted octanol–water partition coefficient (Wildman–Crippen LogP) is 2.08. The lowest BCUT2D eigenvalue weighted by Gasteiger charge is -2.37. The van der Waals surface area contributed by atoms with Gasteiger partial charge in [-0.2, -0.15) is 0 Å². The topological polar surface area (TPSA) is 75.7 Å². The summed E-state index contributed by atoms with van der Waals surface area (Å²) in [4.78, 5) is 39.3. The molecule has 2 bridgehead atoms. The molecule has 1 aliphatic heterocycles. The summed E-state index contributed by atoms with van der Waals surface area (Å²) in [6, 6.07) is 7.05. The number of likely N-dealkylation sites (tertiary alicyclic amines) is 1. The first-order valence-corrected chi connectivity index (χ1v) is 9.56. The number of amides is 3. The number of nitrogens with one attached hydrogen (secondary N) is 1. The molecule has 6 nitrogen and oxygen atoms in total. The fourth-order valence-electron chi connectivity index (χ4n) is 5.35. The Balaban J connectivity index is 1.22. The Bertz CT molecular complexity index is 810. The molecule has 6 atom stereocenters. The van der Waals surface area contributed by atoms with Crippen molar-refractivity contribution < 1.29 is 19.1 Å². The highest BCUT2D eigenvalue weighted by molar-refractivity contribution is 6.06. The van der Waals surface area contributed by atoms with Crippen LogP contribution in [0.2, 0.25) is 0 Å². The maximum atomic E-state index is 12.9. The molecule has 6 rings (SSSR count). The molecule has 1 aromatic rings. The van der Waals surface area contributed by atoms with E-state index in [2.05, 4.69) is 17.5 Å². The van der Waals surface area contributed by atoms with Gasteiger partial charge in [0.15, 0.2) is 0 Å². The van der Waals surface area contributed by atoms with Gasteiger partial charge in [0.25, 0.3) is 0 Å². The van der Waals surface area contributed by atoms with E-state index in [1.54, 1.807) is 31.4 Å². The largest absolute Gasteiger partial charge is 0.497 e. The second-order valence-corrected chi connectivity index (χ2v) is 8.01. The number of rotatable bonds is 5. The molecule has 4 aliphatic carbocycles. The summed E-state index contributed by atoms with van der Waals surface area (Å²) in [5.74, 6) is 1.59. The molecule has 5 aliphatic rings. The molecular formula is C21H22N2O4. The smallest absolute Gasteiger partial charge is 0.233 e. The summed E-state index contributed by atoms with van der Waals surface area (Å²) in [5, 5.41) is 2.80. The summed E-state index contributed by atoms with van der Waals surface area (Å²) < 4.78 is 5.09. The minimum atomic E-state index is -0.209. The molecule has 1 saturated heterocycles. The molecule has 0 unspecified atom stereocenters. The maximum absolute atomic E-state index is 12.9. The molecule has 3 fully saturated rings. The lowest BCUT2D eigenvalue weighted by Crippen LogP contribution is -2.40. The van der Waals surface area contributed by atoms with E-state index in [9.17, 15) is 14.4 Å². The lowest BCUT2D eigenvalue weighted by atomic mass is 9.63. The van der Waals surface area contributed by atoms with Crippen molar-refractivity contribution in [1.82, 2.24) is 4.90 Å². The predicted molar refractivity (Wildman–Crippen MR) is 97.7 cm³/mol. The normalized spacial score (nSPS) is 35.1. The van der Waals surface area contributed by atoms with Crippen LogP contribution in [0.3, 0.4) is 0 Å². The van der Waals surface area contributed by atoms with Gasteiger partial charge in [-0.15, -0.1) is 0 Å². The third kappa shape index (κ3) is 2.50. The summed E-state index contributed by atoms with van der Waals surface area (Å²) >= 11 is 0. The van der Waals surface area contributed by atoms with Gasteiger partial charge in [-0.25, -0.2) is 0 Å². The van der Waals surface area contributed by atoms with Crippen LogP contribution in [0.25, 0.3) is 0 Å². The quantitative estimate of drug-likeness (QED) is 0.639. The summed E-state index contributed by atoms with van der Waals surface area (Å²) in [5.41, 5.74) is 0.663. The molecule has 27 heavy (non-hydrogen) atoms. The van der Waals surface area contributed by atoms with E-state index in [-0.39, 0.29) is 54.4 Å². The second kappa shape index (κ2) is 5.94. The van der Waals surface area contributed by atoms with Gasteiger partial charge < -0.3 is 10.1 Å². The Morgan fingerprint density at radius 1 is 1.07 bits per heavy atom. The van der Waals surface area contributed by atoms with Crippen molar-refractivity contribution in [2.24, 2.45) is 35.5 Å². The Hall–Kier alpha value is -2.63. The lowest BCUT2D eigenvalue weighted by molar-refractivity contribution is -0.140. The molecule has 3 amide bonds. The SMILES string of the molecule is COc1ccc(NC(=O)CCN2C(=O)[C@@H]3[C@H]4C=C[C@@H]([C@@H]5C[C@H]45)[C@@H]3C2=O)cc1. The second-order valence-electron chi connectivity index (χ2n) is 8.01. The van der Waals surface area contributed by atoms with Crippen molar-refractivity contribution in [3.8, 4) is 5.75 Å². The number of carbonyl (C=O) groups is 3. The zero-order chi connectivity index (χ0) is 18.7. The van der Waals surface area contributed by atoms with E-state index in [0.717, 1.165) is 6.42 Å². The van der Waals surface area contributed by atoms with Gasteiger partial charge in [-0.05, 0) is 54.4 Å². The first kappa shape index (κ1) is 16.5. The number of anilines is 1. The van der Waals surface area contributed by atoms with Crippen LogP contribution in [0.4, 0.5) is 5.69 Å². The van der Waals surface area contributed by atoms with E-state index in [0.29, 0.717) is 23.3 Å². The van der Waals surface area contributed by atoms with Crippen LogP contribution in [0.1, 0.15) is 12.8 Å². The van der Waals surface area contributed by atoms with Gasteiger partial charge in [-0.3, -0.25) is 19.3 Å². The van der Waals surface area contributed by atoms with Gasteiger partial charge in [0.1, 0.15) is 5.75 Å². The van der Waals surface area contributed by atoms with E-state index >= 15 is 0 Å². The van der Waals surface area contributed by atoms with E-state index in [1.165, 1.54) is 4.90 Å². The number of benzene rings is 1. The number of carbonyl (C=O) groups excluding carboxylic acids is 3. The van der Waals surface area contributed by atoms with Gasteiger partial charge in [0.2, 0.25) is 17.7 Å². The summed E-state index contributed by atoms with van der Waals surface area (Å²) in [6.45, 7) is 0.154. The Kier molecular flexibility index (Phi) is 3.64. The van der Waals surface area contributed by atoms with Crippen molar-refractivity contribution in [1.29, 1.82) is 0 Å². The van der Waals surface area contributed by atoms with E-state index < -0.39 is 0 Å². The van der Waals surface area contributed by atoms with Gasteiger partial charge in [-0.1, -0.05) is 12.2 Å². The molecule has 0 spiro atoms. The molecule has 2 saturated carbocycles. The van der Waals surface area contributed by atoms with Crippen LogP contribution in [0, 0.1) is 35.5 Å². The minimum absolute atomic E-state index is 0.0769. The highest BCUT2D eigenvalue weighted by atomic mass is 16.5. The Morgan fingerprint density at radius 3 is 2.22 bits per heavy atom. The van der Waals surface area contributed by atoms with E-state index in [1.807, 2.05) is 0 Å². The average molecular weight is 366 g/mol. The van der Waals surface area contributed by atoms with Crippen LogP contribution in [-0.2, 0) is 14.4 Å². The van der Waals surface area contributed by atoms with Crippen molar-refractivity contribution in [2.45, 2.75) is 12.8 Å². The van der Waals surface area contributed by atoms with Gasteiger partial charge in [0.05, 0.1) is 18.9 Å². The van der Waals surface area contributed by atoms with Crippen LogP contribution in [0.5, 0.6) is 5.75 Å². The van der Waals surface area contributed by atoms with Crippen molar-refractivity contribution >= 4 is 23.4 Å². The highest BCUT2D eigenvalue weighted by Crippen LogP contribution is 2.65. The number of ether oxygens (including phenoxy) is 1. The first-order valence-electron chi connectivity index (χ1n) is 9.56. The van der Waals surface area contributed by atoms with Crippen LogP contribution in [0.15, 0.2) is 36.4 Å². The molecule has 1 aromatic carbocycles. The molecule has 1 N–H and O–H groups in total. The standard InChI is InChI=1S/C21H22N2O4/c1-27-12-4-2-11(3-5-12)22-17(24)8-9-23-20(25)18-13-6-7-14(16-10-15(13)16)19(18)21(23)26/h2-7,13-16,18-19H,8-10H2,1H3,(H,22,24)/t13-,14-,15-,16+,18-,19+/m0/s1. The number of hydrogen-bond acceptors (Lipinski definition) is 4. The van der Waals surface area contributed by atoms with Gasteiger partial charge in [0, 0.05) is 18.7 Å². The zero-order valence-electron chi connectivity index (χ0n) is 15.1. The Labute approximate surface area is 157 Å². The Morgan fingerprint density at radius 2 is 1.67 bits per heavy atom. The van der Waals surface area contributed by atoms with Crippen molar-refractivity contribution in [2.75, 3.05) is 19.0 Å². The number of allylic oxidation sites excluding steroid dienone is 2. The summed E-state index contributed by atoms with van der Waals surface area (Å²) in [6.07, 6.45) is 5.58. The maximum Gasteiger partial charge on any atom is 0.233 e. The van der Waals surface area contributed by atoms with Crippen molar-refractivity contribution in [3.63, 3.8) is 0 Å². The monoisotopic (exact) mass is 366 g/mol. The number of methoxy groups -OCH3 is 1. The summed E-state index contributed by atoms with van der Waals surface area (Å²) in [7, 11) is 1.58. The van der Waals surface area contributed by atoms with Gasteiger partial charge >= 0.3 is 0 Å². The van der Waals surface area contributed by atoms with Crippen LogP contribution >= 0.6 is 0 Å². The van der Waals surface area contributed by atoms with Crippen molar-refractivity contribution in [3.05, 3.63) is 36.4 Å². The fraction of sp³-hybridized carbons (Fsp3) is 0.476. The molecule has 0 radical (unpaired) electrons. The van der Waals surface area contributed by atoms with Crippen LogP contribution < -0.4 is 10.1 Å². The molecule has 140 valence electrons. The number of nitrogens with zero attached hydrogens (tertiary/aromatic N) is 1. The highest BCUT2D eigenvalue weighted by Gasteiger charge is 2.66. The average Bonchev–Trinajstić information content (AvgIpc) is 3.46. The molecule has 1 heterocycles. The molecular weight excluding hydrogens is 344 g/mol. The minimum Gasteiger partial charge on any atom is -0.497 e. The molecule has 0 aromatic heterocycles.